The van der Waals surface area contributed by atoms with Gasteiger partial charge in [-0.1, -0.05) is 42.5 Å². The second-order valence-corrected chi connectivity index (χ2v) is 8.16. The number of fused-ring (bicyclic) bond motifs is 1. The fourth-order valence-electron chi connectivity index (χ4n) is 3.16. The lowest BCUT2D eigenvalue weighted by Crippen LogP contribution is -2.33. The first-order valence-electron chi connectivity index (χ1n) is 9.00. The zero-order valence-corrected chi connectivity index (χ0v) is 16.5. The van der Waals surface area contributed by atoms with Gasteiger partial charge >= 0.3 is 6.09 Å². The lowest BCUT2D eigenvalue weighted by atomic mass is 9.96. The molecule has 0 unspecified atom stereocenters. The van der Waals surface area contributed by atoms with Crippen LogP contribution in [0.3, 0.4) is 0 Å². The highest BCUT2D eigenvalue weighted by Crippen LogP contribution is 2.37. The number of hydrogen-bond donors (Lipinski definition) is 0. The Morgan fingerprint density at radius 1 is 0.964 bits per heavy atom. The van der Waals surface area contributed by atoms with Crippen molar-refractivity contribution in [3.8, 4) is 0 Å². The van der Waals surface area contributed by atoms with E-state index >= 15 is 0 Å². The number of ether oxygens (including phenoxy) is 1. The Bertz CT molecular complexity index is 1040. The average molecular weight is 399 g/mol. The van der Waals surface area contributed by atoms with Gasteiger partial charge in [-0.3, -0.25) is 4.79 Å². The van der Waals surface area contributed by atoms with Gasteiger partial charge in [-0.05, 0) is 31.5 Å². The molecule has 3 rings (SSSR count). The fraction of sp³-hybridized carbons (Fsp3) is 0.238. The van der Waals surface area contributed by atoms with E-state index in [1.807, 2.05) is 0 Å². The van der Waals surface area contributed by atoms with Crippen molar-refractivity contribution in [2.45, 2.75) is 18.7 Å². The predicted molar refractivity (Wildman–Crippen MR) is 106 cm³/mol. The van der Waals surface area contributed by atoms with Gasteiger partial charge in [0.15, 0.2) is 5.78 Å². The Kier molecular flexibility index (Phi) is 5.65. The lowest BCUT2D eigenvalue weighted by Gasteiger charge is -2.24. The number of ketones is 1. The fourth-order valence-corrected chi connectivity index (χ4v) is 4.83. The van der Waals surface area contributed by atoms with Gasteiger partial charge in [0.1, 0.15) is 6.61 Å². The van der Waals surface area contributed by atoms with Crippen molar-refractivity contribution in [1.29, 1.82) is 0 Å². The summed E-state index contributed by atoms with van der Waals surface area (Å²) in [4.78, 5) is 26.5. The zero-order valence-electron chi connectivity index (χ0n) is 15.7. The third kappa shape index (κ3) is 3.45. The molecule has 0 aromatic heterocycles. The van der Waals surface area contributed by atoms with Crippen LogP contribution in [0.4, 0.5) is 4.79 Å². The summed E-state index contributed by atoms with van der Waals surface area (Å²) >= 11 is 0. The van der Waals surface area contributed by atoms with Crippen LogP contribution in [0.2, 0.25) is 0 Å². The summed E-state index contributed by atoms with van der Waals surface area (Å²) in [6.45, 7) is 3.98. The highest BCUT2D eigenvalue weighted by molar-refractivity contribution is 7.95. The summed E-state index contributed by atoms with van der Waals surface area (Å²) in [6, 6.07) is 14.7. The average Bonchev–Trinajstić information content (AvgIpc) is 2.71. The van der Waals surface area contributed by atoms with Crippen molar-refractivity contribution >= 4 is 27.3 Å². The van der Waals surface area contributed by atoms with Crippen molar-refractivity contribution in [2.75, 3.05) is 19.7 Å². The highest BCUT2D eigenvalue weighted by Gasteiger charge is 2.38. The van der Waals surface area contributed by atoms with Crippen molar-refractivity contribution in [3.63, 3.8) is 0 Å². The quantitative estimate of drug-likeness (QED) is 0.768. The zero-order chi connectivity index (χ0) is 20.3. The molecule has 6 nitrogen and oxygen atoms in total. The molecular formula is C21H21NO5S. The molecule has 0 spiro atoms. The van der Waals surface area contributed by atoms with Crippen molar-refractivity contribution < 1.29 is 22.7 Å². The second kappa shape index (κ2) is 7.98. The maximum Gasteiger partial charge on any atom is 0.410 e. The minimum atomic E-state index is -3.98. The molecular weight excluding hydrogens is 378 g/mol. The van der Waals surface area contributed by atoms with Crippen molar-refractivity contribution in [2.24, 2.45) is 0 Å². The van der Waals surface area contributed by atoms with Crippen LogP contribution in [0.5, 0.6) is 0 Å². The van der Waals surface area contributed by atoms with Crippen LogP contribution in [-0.4, -0.2) is 44.9 Å². The van der Waals surface area contributed by atoms with E-state index in [4.69, 9.17) is 4.74 Å². The third-order valence-corrected chi connectivity index (χ3v) is 6.57. The number of rotatable bonds is 5. The van der Waals surface area contributed by atoms with Gasteiger partial charge in [0.2, 0.25) is 9.84 Å². The molecule has 0 radical (unpaired) electrons. The van der Waals surface area contributed by atoms with E-state index in [1.165, 1.54) is 17.0 Å². The predicted octanol–water partition coefficient (Wildman–Crippen LogP) is 3.55. The van der Waals surface area contributed by atoms with Gasteiger partial charge in [-0.25, -0.2) is 13.2 Å². The lowest BCUT2D eigenvalue weighted by molar-refractivity contribution is 0.104. The summed E-state index contributed by atoms with van der Waals surface area (Å²) in [7, 11) is -3.98. The molecule has 2 aromatic carbocycles. The molecule has 0 atom stereocenters. The highest BCUT2D eigenvalue weighted by atomic mass is 32.2. The van der Waals surface area contributed by atoms with Crippen LogP contribution >= 0.6 is 0 Å². The van der Waals surface area contributed by atoms with Gasteiger partial charge in [0.05, 0.1) is 9.80 Å². The number of hydrogen-bond acceptors (Lipinski definition) is 5. The number of sulfone groups is 1. The standard InChI is InChI=1S/C21H21NO5S/c1-3-22(4-2)21(24)27-14-18-19(15-10-6-5-7-11-15)20(23)16-12-8-9-13-17(16)28(18,25)26/h5-13H,3-4,14H2,1-2H3. The van der Waals surface area contributed by atoms with Crippen molar-refractivity contribution in [3.05, 3.63) is 70.6 Å². The van der Waals surface area contributed by atoms with Gasteiger partial charge in [0.25, 0.3) is 0 Å². The van der Waals surface area contributed by atoms with Crippen LogP contribution in [0.15, 0.2) is 64.4 Å². The number of carbonyl (C=O) groups is 2. The van der Waals surface area contributed by atoms with E-state index in [1.54, 1.807) is 56.3 Å². The third-order valence-electron chi connectivity index (χ3n) is 4.66. The van der Waals surface area contributed by atoms with E-state index in [0.29, 0.717) is 18.7 Å². The molecule has 7 heteroatoms. The molecule has 0 N–H and O–H groups in total. The van der Waals surface area contributed by atoms with E-state index in [0.717, 1.165) is 0 Å². The number of amides is 1. The molecule has 0 saturated carbocycles. The SMILES string of the molecule is CCN(CC)C(=O)OCC1=C(c2ccccc2)C(=O)c2ccccc2S1(=O)=O. The summed E-state index contributed by atoms with van der Waals surface area (Å²) < 4.78 is 31.8. The van der Waals surface area contributed by atoms with E-state index in [9.17, 15) is 18.0 Å². The molecule has 2 aromatic rings. The largest absolute Gasteiger partial charge is 0.444 e. The van der Waals surface area contributed by atoms with Gasteiger partial charge < -0.3 is 9.64 Å². The maximum absolute atomic E-state index is 13.2. The molecule has 1 aliphatic rings. The first kappa shape index (κ1) is 19.8. The first-order chi connectivity index (χ1) is 13.4. The molecule has 0 bridgehead atoms. The number of nitrogens with zero attached hydrogens (tertiary/aromatic N) is 1. The Morgan fingerprint density at radius 3 is 2.21 bits per heavy atom. The van der Waals surface area contributed by atoms with Crippen LogP contribution in [-0.2, 0) is 14.6 Å². The van der Waals surface area contributed by atoms with Crippen LogP contribution in [0.1, 0.15) is 29.8 Å². The topological polar surface area (TPSA) is 80.8 Å². The molecule has 0 aliphatic carbocycles. The molecule has 1 amide bonds. The molecule has 1 aliphatic heterocycles. The number of allylic oxidation sites excluding steroid dienone is 1. The first-order valence-corrected chi connectivity index (χ1v) is 10.5. The molecule has 146 valence electrons. The van der Waals surface area contributed by atoms with Crippen LogP contribution in [0, 0.1) is 0 Å². The van der Waals surface area contributed by atoms with Crippen LogP contribution < -0.4 is 0 Å². The maximum atomic E-state index is 13.2. The van der Waals surface area contributed by atoms with Gasteiger partial charge in [0, 0.05) is 24.2 Å². The minimum absolute atomic E-state index is 0.0478. The van der Waals surface area contributed by atoms with Gasteiger partial charge in [-0.2, -0.15) is 0 Å². The Hall–Kier alpha value is -2.93. The smallest absolute Gasteiger partial charge is 0.410 e. The minimum Gasteiger partial charge on any atom is -0.444 e. The van der Waals surface area contributed by atoms with E-state index in [2.05, 4.69) is 0 Å². The summed E-state index contributed by atoms with van der Waals surface area (Å²) in [5.41, 5.74) is 0.645. The summed E-state index contributed by atoms with van der Waals surface area (Å²) in [5, 5.41) is 0. The molecule has 1 heterocycles. The second-order valence-electron chi connectivity index (χ2n) is 6.22. The monoisotopic (exact) mass is 399 g/mol. The molecule has 0 saturated heterocycles. The van der Waals surface area contributed by atoms with Gasteiger partial charge in [-0.15, -0.1) is 0 Å². The van der Waals surface area contributed by atoms with E-state index < -0.39 is 28.3 Å². The molecule has 28 heavy (non-hydrogen) atoms. The normalized spacial score (nSPS) is 15.1. The Balaban J connectivity index is 2.12. The number of carbonyl (C=O) groups excluding carboxylic acids is 2. The summed E-state index contributed by atoms with van der Waals surface area (Å²) in [5.74, 6) is -0.398. The number of benzene rings is 2. The van der Waals surface area contributed by atoms with Crippen molar-refractivity contribution in [1.82, 2.24) is 4.90 Å². The molecule has 0 fully saturated rings. The Labute approximate surface area is 164 Å². The number of Topliss-reactive ketones (excluding diaryl/α,β-unsaturated/α-hetero) is 1. The Morgan fingerprint density at radius 2 is 1.57 bits per heavy atom. The summed E-state index contributed by atoms with van der Waals surface area (Å²) in [6.07, 6.45) is -0.619. The van der Waals surface area contributed by atoms with E-state index in [-0.39, 0.29) is 20.9 Å². The van der Waals surface area contributed by atoms with Crippen LogP contribution in [0.25, 0.3) is 5.57 Å².